The molecule has 234 valence electrons. The number of hydrogen-bond acceptors (Lipinski definition) is 5. The number of carboxylic acid groups (broad SMARTS) is 1. The van der Waals surface area contributed by atoms with Crippen LogP contribution in [0.15, 0.2) is 54.6 Å². The second kappa shape index (κ2) is 13.1. The lowest BCUT2D eigenvalue weighted by Crippen LogP contribution is -2.70. The molecule has 1 heterocycles. The van der Waals surface area contributed by atoms with E-state index in [9.17, 15) is 14.7 Å². The molecule has 4 saturated carbocycles. The Morgan fingerprint density at radius 2 is 1.68 bits per heavy atom. The van der Waals surface area contributed by atoms with Crippen molar-refractivity contribution in [3.05, 3.63) is 70.9 Å². The Balaban J connectivity index is 0.00000384. The molecule has 44 heavy (non-hydrogen) atoms. The maximum absolute atomic E-state index is 13.9. The van der Waals surface area contributed by atoms with Crippen molar-refractivity contribution in [2.75, 3.05) is 27.2 Å². The van der Waals surface area contributed by atoms with Gasteiger partial charge in [-0.05, 0) is 119 Å². The molecule has 0 atom stereocenters. The van der Waals surface area contributed by atoms with Gasteiger partial charge >= 0.3 is 5.97 Å². The fraction of sp³-hybridized carbons (Fsp3) is 0.457. The first kappa shape index (κ1) is 32.3. The van der Waals surface area contributed by atoms with Gasteiger partial charge in [0.25, 0.3) is 5.91 Å². The Bertz CT molecular complexity index is 1510. The van der Waals surface area contributed by atoms with Crippen molar-refractivity contribution in [3.63, 3.8) is 0 Å². The molecule has 2 N–H and O–H groups in total. The van der Waals surface area contributed by atoms with E-state index in [0.29, 0.717) is 34.9 Å². The molecule has 4 bridgehead atoms. The first-order valence-corrected chi connectivity index (χ1v) is 15.7. The lowest BCUT2D eigenvalue weighted by atomic mass is 9.48. The van der Waals surface area contributed by atoms with Gasteiger partial charge in [0.15, 0.2) is 0 Å². The van der Waals surface area contributed by atoms with E-state index in [1.807, 2.05) is 63.5 Å². The number of nitrogens with zero attached hydrogens (tertiary/aromatic N) is 2. The van der Waals surface area contributed by atoms with Crippen LogP contribution in [0.1, 0.15) is 54.6 Å². The topological polar surface area (TPSA) is 91.8 Å². The average molecular weight is 639 g/mol. The summed E-state index contributed by atoms with van der Waals surface area (Å²) >= 11 is 6.53. The van der Waals surface area contributed by atoms with Gasteiger partial charge in [-0.25, -0.2) is 9.78 Å². The Kier molecular flexibility index (Phi) is 9.59. The molecule has 3 aromatic rings. The summed E-state index contributed by atoms with van der Waals surface area (Å²) in [4.78, 5) is 33.8. The summed E-state index contributed by atoms with van der Waals surface area (Å²) in [6, 6.07) is 17.2. The Morgan fingerprint density at radius 1 is 1.00 bits per heavy atom. The van der Waals surface area contributed by atoms with Gasteiger partial charge in [-0.1, -0.05) is 41.9 Å². The number of nitrogens with one attached hydrogen (secondary N) is 1. The summed E-state index contributed by atoms with van der Waals surface area (Å²) in [6.07, 6.45) is 5.52. The van der Waals surface area contributed by atoms with E-state index in [2.05, 4.69) is 10.2 Å². The molecule has 0 aliphatic heterocycles. The fourth-order valence-corrected chi connectivity index (χ4v) is 8.18. The molecule has 0 spiro atoms. The molecule has 4 aliphatic rings. The van der Waals surface area contributed by atoms with Gasteiger partial charge in [0.1, 0.15) is 17.0 Å². The summed E-state index contributed by atoms with van der Waals surface area (Å²) in [7, 11) is 4.05. The maximum Gasteiger partial charge on any atom is 0.330 e. The van der Waals surface area contributed by atoms with Crippen molar-refractivity contribution in [3.8, 4) is 28.1 Å². The van der Waals surface area contributed by atoms with Gasteiger partial charge in [-0.3, -0.25) is 4.79 Å². The third-order valence-electron chi connectivity index (χ3n) is 9.88. The van der Waals surface area contributed by atoms with Crippen LogP contribution in [-0.4, -0.2) is 59.7 Å². The zero-order valence-electron chi connectivity index (χ0n) is 25.5. The first-order valence-electron chi connectivity index (χ1n) is 15.4. The summed E-state index contributed by atoms with van der Waals surface area (Å²) in [5.41, 5.74) is 3.30. The monoisotopic (exact) mass is 637 g/mol. The lowest BCUT2D eigenvalue weighted by molar-refractivity contribution is -0.163. The largest absolute Gasteiger partial charge is 0.492 e. The number of rotatable bonds is 10. The minimum atomic E-state index is -1.24. The van der Waals surface area contributed by atoms with Crippen LogP contribution < -0.4 is 10.1 Å². The van der Waals surface area contributed by atoms with E-state index < -0.39 is 17.4 Å². The highest BCUT2D eigenvalue weighted by molar-refractivity contribution is 6.32. The van der Waals surface area contributed by atoms with Crippen LogP contribution in [0, 0.1) is 30.6 Å². The number of hydrogen-bond donors (Lipinski definition) is 2. The molecule has 1 aromatic heterocycles. The average Bonchev–Trinajstić information content (AvgIpc) is 2.97. The fourth-order valence-electron chi connectivity index (χ4n) is 8.01. The number of halogens is 2. The second-order valence-corrected chi connectivity index (χ2v) is 13.4. The van der Waals surface area contributed by atoms with Crippen LogP contribution in [0.25, 0.3) is 22.4 Å². The van der Waals surface area contributed by atoms with Crippen LogP contribution in [-0.2, 0) is 4.79 Å². The molecule has 4 aliphatic carbocycles. The molecular formula is C35H41Cl2N3O4. The number of amides is 1. The van der Waals surface area contributed by atoms with Crippen molar-refractivity contribution < 1.29 is 19.4 Å². The van der Waals surface area contributed by atoms with Gasteiger partial charge in [0.2, 0.25) is 0 Å². The SMILES string of the molecule is Cc1ccccc1-c1ccc(C(=O)NC2(C(=O)O)C3CC4CC(C3)CC2C4)nc1-c1ccc(Cl)c(OCCCN(C)C)c1.Cl. The molecule has 7 nitrogen and oxygen atoms in total. The molecule has 0 saturated heterocycles. The highest BCUT2D eigenvalue weighted by atomic mass is 35.5. The summed E-state index contributed by atoms with van der Waals surface area (Å²) < 4.78 is 6.06. The minimum Gasteiger partial charge on any atom is -0.492 e. The van der Waals surface area contributed by atoms with Gasteiger partial charge in [0.05, 0.1) is 17.3 Å². The number of pyridine rings is 1. The van der Waals surface area contributed by atoms with Crippen molar-refractivity contribution in [1.82, 2.24) is 15.2 Å². The first-order chi connectivity index (χ1) is 20.7. The van der Waals surface area contributed by atoms with Crippen molar-refractivity contribution in [1.29, 1.82) is 0 Å². The van der Waals surface area contributed by atoms with E-state index in [0.717, 1.165) is 60.9 Å². The third kappa shape index (κ3) is 6.07. The smallest absolute Gasteiger partial charge is 0.330 e. The number of carbonyl (C=O) groups excluding carboxylic acids is 1. The standard InChI is InChI=1S/C35H40ClN3O4.ClH/c1-21-7-4-5-8-27(21)28-10-12-30(37-32(28)24-9-11-29(36)31(20-24)43-14-6-13-39(2)3)33(40)38-35(34(41)42)25-16-22-15-23(18-25)19-26(35)17-22;/h4-5,7-12,20,22-23,25-26H,6,13-19H2,1-3H3,(H,38,40)(H,41,42);1H. The normalized spacial score (nSPS) is 25.0. The van der Waals surface area contributed by atoms with Crippen molar-refractivity contribution in [2.24, 2.45) is 23.7 Å². The van der Waals surface area contributed by atoms with E-state index >= 15 is 0 Å². The van der Waals surface area contributed by atoms with Crippen LogP contribution in [0.4, 0.5) is 0 Å². The number of aromatic nitrogens is 1. The molecule has 4 fully saturated rings. The number of carbonyl (C=O) groups is 2. The summed E-state index contributed by atoms with van der Waals surface area (Å²) in [5, 5.41) is 14.1. The number of benzene rings is 2. The van der Waals surface area contributed by atoms with E-state index in [-0.39, 0.29) is 29.9 Å². The molecule has 0 unspecified atom stereocenters. The van der Waals surface area contributed by atoms with E-state index in [1.54, 1.807) is 12.1 Å². The predicted molar refractivity (Wildman–Crippen MR) is 176 cm³/mol. The van der Waals surface area contributed by atoms with Gasteiger partial charge in [-0.2, -0.15) is 0 Å². The zero-order valence-corrected chi connectivity index (χ0v) is 27.1. The van der Waals surface area contributed by atoms with Crippen molar-refractivity contribution >= 4 is 35.9 Å². The molecule has 2 aromatic carbocycles. The summed E-state index contributed by atoms with van der Waals surface area (Å²) in [5.74, 6) is 0.271. The second-order valence-electron chi connectivity index (χ2n) is 13.0. The van der Waals surface area contributed by atoms with Crippen LogP contribution >= 0.6 is 24.0 Å². The van der Waals surface area contributed by atoms with Gasteiger partial charge < -0.3 is 20.1 Å². The number of aliphatic carboxylic acids is 1. The molecule has 7 rings (SSSR count). The lowest BCUT2D eigenvalue weighted by Gasteiger charge is -2.59. The number of carboxylic acids is 1. The molecule has 0 radical (unpaired) electrons. The molecule has 1 amide bonds. The van der Waals surface area contributed by atoms with E-state index in [1.165, 1.54) is 6.42 Å². The highest BCUT2D eigenvalue weighted by Crippen LogP contribution is 2.58. The summed E-state index contributed by atoms with van der Waals surface area (Å²) in [6.45, 7) is 3.46. The Hall–Kier alpha value is -3.13. The molecule has 9 heteroatoms. The molecular weight excluding hydrogens is 597 g/mol. The zero-order chi connectivity index (χ0) is 30.3. The van der Waals surface area contributed by atoms with E-state index in [4.69, 9.17) is 21.3 Å². The quantitative estimate of drug-likeness (QED) is 0.230. The predicted octanol–water partition coefficient (Wildman–Crippen LogP) is 7.14. The third-order valence-corrected chi connectivity index (χ3v) is 10.2. The van der Waals surface area contributed by atoms with Crippen molar-refractivity contribution in [2.45, 2.75) is 51.0 Å². The maximum atomic E-state index is 13.9. The Morgan fingerprint density at radius 3 is 2.32 bits per heavy atom. The Labute approximate surface area is 270 Å². The van der Waals surface area contributed by atoms with Crippen LogP contribution in [0.2, 0.25) is 5.02 Å². The van der Waals surface area contributed by atoms with Crippen LogP contribution in [0.5, 0.6) is 5.75 Å². The highest BCUT2D eigenvalue weighted by Gasteiger charge is 2.62. The van der Waals surface area contributed by atoms with Gasteiger partial charge in [-0.15, -0.1) is 12.4 Å². The number of ether oxygens (including phenoxy) is 1. The number of aryl methyl sites for hydroxylation is 1. The minimum absolute atomic E-state index is 0. The van der Waals surface area contributed by atoms with Crippen LogP contribution in [0.3, 0.4) is 0 Å². The van der Waals surface area contributed by atoms with Gasteiger partial charge in [0, 0.05) is 17.7 Å².